The highest BCUT2D eigenvalue weighted by Crippen LogP contribution is 2.43. The van der Waals surface area contributed by atoms with E-state index in [0.717, 1.165) is 16.5 Å². The van der Waals surface area contributed by atoms with Gasteiger partial charge >= 0.3 is 11.9 Å². The molecule has 4 rings (SSSR count). The van der Waals surface area contributed by atoms with Crippen LogP contribution in [-0.4, -0.2) is 92.9 Å². The maximum atomic E-state index is 15.8. The van der Waals surface area contributed by atoms with Gasteiger partial charge in [-0.15, -0.1) is 0 Å². The van der Waals surface area contributed by atoms with Crippen LogP contribution in [0.4, 0.5) is 8.78 Å². The number of nitrogens with one attached hydrogen (secondary N) is 1. The van der Waals surface area contributed by atoms with Crippen LogP contribution in [0.5, 0.6) is 5.75 Å². The van der Waals surface area contributed by atoms with E-state index in [0.29, 0.717) is 12.1 Å². The molecule has 0 saturated carbocycles. The van der Waals surface area contributed by atoms with Gasteiger partial charge in [0.1, 0.15) is 30.6 Å². The number of ether oxygens (including phenoxy) is 5. The number of carboxylic acids is 1. The monoisotopic (exact) mass is 604 g/mol. The second-order valence-electron chi connectivity index (χ2n) is 10.5. The molecule has 12 heteroatoms. The third-order valence-corrected chi connectivity index (χ3v) is 7.40. The van der Waals surface area contributed by atoms with Gasteiger partial charge in [0.15, 0.2) is 0 Å². The Hall–Kier alpha value is -3.58. The summed E-state index contributed by atoms with van der Waals surface area (Å²) in [5.41, 5.74) is 2.46. The highest BCUT2D eigenvalue weighted by Gasteiger charge is 2.40. The van der Waals surface area contributed by atoms with Crippen molar-refractivity contribution < 1.29 is 47.2 Å². The molecule has 0 spiro atoms. The number of fused-ring (bicyclic) bond motifs is 3. The average Bonchev–Trinajstić information content (AvgIpc) is 3.34. The van der Waals surface area contributed by atoms with Gasteiger partial charge in [0.05, 0.1) is 52.1 Å². The molecule has 0 unspecified atom stereocenters. The lowest BCUT2D eigenvalue weighted by atomic mass is 9.87. The summed E-state index contributed by atoms with van der Waals surface area (Å²) in [7, 11) is 1.32. The molecule has 0 radical (unpaired) electrons. The molecule has 1 aromatic heterocycles. The van der Waals surface area contributed by atoms with Crippen molar-refractivity contribution in [1.29, 1.82) is 0 Å². The summed E-state index contributed by atoms with van der Waals surface area (Å²) >= 11 is 0. The number of rotatable bonds is 16. The number of carbonyl (C=O) groups is 2. The van der Waals surface area contributed by atoms with Crippen molar-refractivity contribution in [2.75, 3.05) is 59.9 Å². The number of hydrogen-bond donors (Lipinski definition) is 2. The van der Waals surface area contributed by atoms with E-state index in [9.17, 15) is 9.59 Å². The van der Waals surface area contributed by atoms with Gasteiger partial charge in [0.25, 0.3) is 0 Å². The molecule has 2 heterocycles. The normalized spacial score (nSPS) is 17.5. The first-order valence-electron chi connectivity index (χ1n) is 14.2. The zero-order valence-electron chi connectivity index (χ0n) is 24.6. The van der Waals surface area contributed by atoms with Gasteiger partial charge < -0.3 is 33.8 Å². The Bertz CT molecular complexity index is 1370. The van der Waals surface area contributed by atoms with Crippen molar-refractivity contribution in [1.82, 2.24) is 9.88 Å². The lowest BCUT2D eigenvalue weighted by Gasteiger charge is -2.42. The second kappa shape index (κ2) is 15.2. The summed E-state index contributed by atoms with van der Waals surface area (Å²) in [5, 5.41) is 9.51. The van der Waals surface area contributed by atoms with Crippen LogP contribution in [0.2, 0.25) is 0 Å². The summed E-state index contributed by atoms with van der Waals surface area (Å²) < 4.78 is 57.7. The van der Waals surface area contributed by atoms with Crippen molar-refractivity contribution in [3.63, 3.8) is 0 Å². The minimum Gasteiger partial charge on any atom is -0.491 e. The van der Waals surface area contributed by atoms with Gasteiger partial charge in [-0.1, -0.05) is 25.1 Å². The summed E-state index contributed by atoms with van der Waals surface area (Å²) in [4.78, 5) is 28.0. The number of carbonyl (C=O) groups excluding carboxylic acids is 1. The molecule has 2 N–H and O–H groups in total. The van der Waals surface area contributed by atoms with Gasteiger partial charge in [-0.05, 0) is 25.0 Å². The number of esters is 1. The fraction of sp³-hybridized carbons (Fsp3) is 0.484. The largest absolute Gasteiger partial charge is 0.491 e. The Morgan fingerprint density at radius 1 is 1.02 bits per heavy atom. The lowest BCUT2D eigenvalue weighted by molar-refractivity contribution is -0.146. The van der Waals surface area contributed by atoms with E-state index in [1.54, 1.807) is 6.92 Å². The van der Waals surface area contributed by atoms with E-state index in [1.807, 2.05) is 36.1 Å². The number of H-pyrrole nitrogens is 1. The number of para-hydroxylation sites is 1. The number of benzene rings is 2. The van der Waals surface area contributed by atoms with Gasteiger partial charge in [-0.2, -0.15) is 0 Å². The Labute approximate surface area is 248 Å². The van der Waals surface area contributed by atoms with Gasteiger partial charge in [-0.3, -0.25) is 9.69 Å². The molecule has 1 aliphatic rings. The average molecular weight is 605 g/mol. The van der Waals surface area contributed by atoms with Crippen LogP contribution in [0.1, 0.15) is 36.7 Å². The van der Waals surface area contributed by atoms with Crippen molar-refractivity contribution in [2.45, 2.75) is 32.4 Å². The number of aromatic nitrogens is 1. The Kier molecular flexibility index (Phi) is 11.5. The first-order chi connectivity index (χ1) is 20.7. The van der Waals surface area contributed by atoms with Crippen LogP contribution in [0.3, 0.4) is 0 Å². The number of aromatic amines is 1. The van der Waals surface area contributed by atoms with Crippen molar-refractivity contribution >= 4 is 22.8 Å². The first-order valence-corrected chi connectivity index (χ1v) is 14.2. The molecule has 3 atom stereocenters. The van der Waals surface area contributed by atoms with E-state index in [-0.39, 0.29) is 70.1 Å². The fourth-order valence-electron chi connectivity index (χ4n) is 5.42. The van der Waals surface area contributed by atoms with Crippen LogP contribution in [0.15, 0.2) is 36.4 Å². The number of hydrogen-bond acceptors (Lipinski definition) is 8. The smallest absolute Gasteiger partial charge is 0.329 e. The van der Waals surface area contributed by atoms with Gasteiger partial charge in [0.2, 0.25) is 0 Å². The van der Waals surface area contributed by atoms with E-state index in [4.69, 9.17) is 28.8 Å². The minimum absolute atomic E-state index is 0.0318. The topological polar surface area (TPSA) is 120 Å². The van der Waals surface area contributed by atoms with Crippen molar-refractivity contribution in [2.24, 2.45) is 5.92 Å². The summed E-state index contributed by atoms with van der Waals surface area (Å²) in [5.74, 6) is -3.43. The zero-order chi connectivity index (χ0) is 30.9. The molecule has 3 aromatic rings. The molecule has 0 saturated heterocycles. The molecular weight excluding hydrogens is 566 g/mol. The lowest BCUT2D eigenvalue weighted by Crippen LogP contribution is -2.46. The highest BCUT2D eigenvalue weighted by atomic mass is 19.1. The number of halogens is 2. The SMILES string of the molecule is COC(=O)[C@@H](C)CN1[C@H](c2c(F)cc(OCCOCCOCCOCC(=O)O)cc2F)c2[nH]c3ccccc3c2C[C@H]1C. The molecule has 0 amide bonds. The quantitative estimate of drug-likeness (QED) is 0.184. The maximum absolute atomic E-state index is 15.8. The van der Waals surface area contributed by atoms with Crippen molar-refractivity contribution in [3.8, 4) is 5.75 Å². The van der Waals surface area contributed by atoms with E-state index in [1.165, 1.54) is 19.2 Å². The van der Waals surface area contributed by atoms with Crippen LogP contribution < -0.4 is 4.74 Å². The molecule has 10 nitrogen and oxygen atoms in total. The molecular formula is C31H38F2N2O8. The third kappa shape index (κ3) is 8.08. The third-order valence-electron chi connectivity index (χ3n) is 7.40. The zero-order valence-corrected chi connectivity index (χ0v) is 24.6. The molecule has 43 heavy (non-hydrogen) atoms. The number of methoxy groups -OCH3 is 1. The fourth-order valence-corrected chi connectivity index (χ4v) is 5.42. The van der Waals surface area contributed by atoms with Crippen LogP contribution in [-0.2, 0) is 35.0 Å². The van der Waals surface area contributed by atoms with E-state index >= 15 is 8.78 Å². The number of carboxylic acid groups (broad SMARTS) is 1. The highest BCUT2D eigenvalue weighted by molar-refractivity contribution is 5.85. The number of aliphatic carboxylic acids is 1. The van der Waals surface area contributed by atoms with E-state index in [2.05, 4.69) is 4.98 Å². The van der Waals surface area contributed by atoms with Crippen molar-refractivity contribution in [3.05, 3.63) is 64.9 Å². The van der Waals surface area contributed by atoms with Crippen LogP contribution >= 0.6 is 0 Å². The van der Waals surface area contributed by atoms with Crippen LogP contribution in [0, 0.1) is 17.6 Å². The molecule has 0 fully saturated rings. The summed E-state index contributed by atoms with van der Waals surface area (Å²) in [6, 6.07) is 9.20. The van der Waals surface area contributed by atoms with Gasteiger partial charge in [0, 0.05) is 46.9 Å². The second-order valence-corrected chi connectivity index (χ2v) is 10.5. The summed E-state index contributed by atoms with van der Waals surface area (Å²) in [6.45, 7) is 4.76. The molecule has 2 aromatic carbocycles. The Morgan fingerprint density at radius 2 is 1.65 bits per heavy atom. The Morgan fingerprint density at radius 3 is 2.30 bits per heavy atom. The minimum atomic E-state index is -1.04. The standard InChI is InChI=1S/C31H38F2N2O8/c1-19(31(38)39-3)17-35-20(2)14-23-22-6-4-5-7-26(22)34-29(23)30(35)28-24(32)15-21(16-25(28)33)43-13-12-41-9-8-40-10-11-42-18-27(36)37/h4-7,15-16,19-20,30,34H,8-14,17-18H2,1-3H3,(H,36,37)/t19-,20+,30+/m0/s1. The first kappa shape index (κ1) is 32.3. The molecule has 1 aliphatic heterocycles. The number of nitrogens with zero attached hydrogens (tertiary/aromatic N) is 1. The van der Waals surface area contributed by atoms with E-state index < -0.39 is 35.5 Å². The Balaban J connectivity index is 1.44. The molecule has 234 valence electrons. The van der Waals surface area contributed by atoms with Crippen LogP contribution in [0.25, 0.3) is 10.9 Å². The van der Waals surface area contributed by atoms with Gasteiger partial charge in [-0.25, -0.2) is 13.6 Å². The predicted octanol–water partition coefficient (Wildman–Crippen LogP) is 4.10. The predicted molar refractivity (Wildman–Crippen MR) is 153 cm³/mol. The molecule has 0 bridgehead atoms. The maximum Gasteiger partial charge on any atom is 0.329 e. The molecule has 0 aliphatic carbocycles. The summed E-state index contributed by atoms with van der Waals surface area (Å²) in [6.07, 6.45) is 0.651.